The van der Waals surface area contributed by atoms with E-state index in [-0.39, 0.29) is 18.1 Å². The lowest BCUT2D eigenvalue weighted by molar-refractivity contribution is -0.130. The zero-order valence-corrected chi connectivity index (χ0v) is 10.0. The lowest BCUT2D eigenvalue weighted by Crippen LogP contribution is -2.34. The van der Waals surface area contributed by atoms with Crippen LogP contribution in [0.1, 0.15) is 34.1 Å². The Bertz CT molecular complexity index is 228. The van der Waals surface area contributed by atoms with E-state index >= 15 is 0 Å². The maximum absolute atomic E-state index is 11.7. The van der Waals surface area contributed by atoms with Gasteiger partial charge in [-0.25, -0.2) is 0 Å². The summed E-state index contributed by atoms with van der Waals surface area (Å²) in [7, 11) is 0. The molecule has 0 saturated carbocycles. The number of aliphatic hydroxyl groups excluding tert-OH is 1. The fourth-order valence-electron chi connectivity index (χ4n) is 1.37. The topological polar surface area (TPSA) is 57.5 Å². The third-order valence-electron chi connectivity index (χ3n) is 2.54. The molecule has 88 valence electrons. The first-order valence-corrected chi connectivity index (χ1v) is 5.24. The maximum atomic E-state index is 11.7. The zero-order chi connectivity index (χ0) is 12.2. The fourth-order valence-corrected chi connectivity index (χ4v) is 1.37. The van der Waals surface area contributed by atoms with E-state index in [0.29, 0.717) is 0 Å². The van der Waals surface area contributed by atoms with Crippen molar-refractivity contribution in [3.8, 4) is 0 Å². The number of carbonyl (C=O) groups excluding carboxylic acids is 1. The van der Waals surface area contributed by atoms with Gasteiger partial charge in [-0.05, 0) is 13.8 Å². The number of Topliss-reactive ketones (excluding diaryl/α,β-unsaturated/α-hetero) is 1. The number of hydrogen-bond acceptors (Lipinski definition) is 3. The summed E-state index contributed by atoms with van der Waals surface area (Å²) in [5.41, 5.74) is -1.01. The smallest absolute Gasteiger partial charge is 0.141 e. The predicted octanol–water partition coefficient (Wildman–Crippen LogP) is 1.54. The van der Waals surface area contributed by atoms with Crippen molar-refractivity contribution in [2.45, 2.75) is 45.8 Å². The molecular weight excluding hydrogens is 192 g/mol. The molecule has 3 nitrogen and oxygen atoms in total. The molecule has 0 saturated heterocycles. The van der Waals surface area contributed by atoms with Crippen molar-refractivity contribution in [2.24, 2.45) is 11.8 Å². The summed E-state index contributed by atoms with van der Waals surface area (Å²) in [6.45, 7) is 10.2. The Hall–Kier alpha value is -0.670. The third-order valence-corrected chi connectivity index (χ3v) is 2.54. The number of carbonyl (C=O) groups is 1. The van der Waals surface area contributed by atoms with E-state index in [2.05, 4.69) is 6.58 Å². The molecule has 0 rings (SSSR count). The van der Waals surface area contributed by atoms with Crippen LogP contribution in [0.2, 0.25) is 0 Å². The van der Waals surface area contributed by atoms with Crippen LogP contribution in [0.25, 0.3) is 0 Å². The van der Waals surface area contributed by atoms with Crippen LogP contribution in [0.3, 0.4) is 0 Å². The normalized spacial score (nSPS) is 18.0. The van der Waals surface area contributed by atoms with Crippen LogP contribution in [0, 0.1) is 11.8 Å². The molecule has 15 heavy (non-hydrogen) atoms. The molecule has 0 aromatic rings. The molecule has 2 N–H and O–H groups in total. The van der Waals surface area contributed by atoms with E-state index in [1.165, 1.54) is 0 Å². The highest BCUT2D eigenvalue weighted by atomic mass is 16.3. The molecule has 0 aliphatic heterocycles. The van der Waals surface area contributed by atoms with Crippen LogP contribution in [0.15, 0.2) is 12.7 Å². The Kier molecular flexibility index (Phi) is 5.18. The van der Waals surface area contributed by atoms with Crippen LogP contribution in [0.4, 0.5) is 0 Å². The molecule has 0 spiro atoms. The third kappa shape index (κ3) is 5.09. The Morgan fingerprint density at radius 3 is 2.27 bits per heavy atom. The average molecular weight is 214 g/mol. The van der Waals surface area contributed by atoms with E-state index in [1.807, 2.05) is 6.92 Å². The second kappa shape index (κ2) is 5.42. The van der Waals surface area contributed by atoms with Crippen molar-refractivity contribution in [3.63, 3.8) is 0 Å². The summed E-state index contributed by atoms with van der Waals surface area (Å²) in [5, 5.41) is 19.3. The SMILES string of the molecule is C=C[C@H](C)C(O)C(C)C(=O)CC(C)(C)O. The van der Waals surface area contributed by atoms with Crippen LogP contribution in [-0.4, -0.2) is 27.7 Å². The average Bonchev–Trinajstić information content (AvgIpc) is 2.11. The Balaban J connectivity index is 4.38. The highest BCUT2D eigenvalue weighted by Crippen LogP contribution is 2.19. The molecular formula is C12H22O3. The first-order chi connectivity index (χ1) is 6.69. The van der Waals surface area contributed by atoms with Gasteiger partial charge in [0, 0.05) is 18.3 Å². The summed E-state index contributed by atoms with van der Waals surface area (Å²) in [5.74, 6) is -0.709. The minimum atomic E-state index is -1.01. The number of ketones is 1. The molecule has 0 aliphatic carbocycles. The largest absolute Gasteiger partial charge is 0.392 e. The van der Waals surface area contributed by atoms with Crippen LogP contribution < -0.4 is 0 Å². The lowest BCUT2D eigenvalue weighted by Gasteiger charge is -2.24. The molecule has 0 heterocycles. The van der Waals surface area contributed by atoms with Gasteiger partial charge in [0.05, 0.1) is 11.7 Å². The van der Waals surface area contributed by atoms with E-state index in [0.717, 1.165) is 0 Å². The summed E-state index contributed by atoms with van der Waals surface area (Å²) in [4.78, 5) is 11.7. The number of hydrogen-bond donors (Lipinski definition) is 2. The van der Waals surface area contributed by atoms with Gasteiger partial charge in [-0.3, -0.25) is 4.79 Å². The zero-order valence-electron chi connectivity index (χ0n) is 10.0. The molecule has 3 atom stereocenters. The first-order valence-electron chi connectivity index (χ1n) is 5.24. The number of rotatable bonds is 6. The van der Waals surface area contributed by atoms with Crippen molar-refractivity contribution < 1.29 is 15.0 Å². The highest BCUT2D eigenvalue weighted by molar-refractivity contribution is 5.82. The standard InChI is InChI=1S/C12H22O3/c1-6-8(2)11(14)9(3)10(13)7-12(4,5)15/h6,8-9,11,14-15H,1,7H2,2-5H3/t8-,9?,11?/m0/s1. The minimum Gasteiger partial charge on any atom is -0.392 e. The molecule has 0 aromatic carbocycles. The second-order valence-corrected chi connectivity index (χ2v) is 4.83. The first kappa shape index (κ1) is 14.3. The summed E-state index contributed by atoms with van der Waals surface area (Å²) in [6.07, 6.45) is 0.963. The molecule has 0 radical (unpaired) electrons. The minimum absolute atomic E-state index is 0.0646. The quantitative estimate of drug-likeness (QED) is 0.659. The van der Waals surface area contributed by atoms with Gasteiger partial charge in [0.1, 0.15) is 5.78 Å². The Morgan fingerprint density at radius 1 is 1.47 bits per heavy atom. The molecule has 0 fully saturated rings. The van der Waals surface area contributed by atoms with Crippen molar-refractivity contribution in [1.82, 2.24) is 0 Å². The van der Waals surface area contributed by atoms with Gasteiger partial charge < -0.3 is 10.2 Å². The molecule has 2 unspecified atom stereocenters. The van der Waals surface area contributed by atoms with E-state index in [9.17, 15) is 15.0 Å². The van der Waals surface area contributed by atoms with Gasteiger partial charge in [-0.15, -0.1) is 6.58 Å². The molecule has 0 bridgehead atoms. The van der Waals surface area contributed by atoms with Gasteiger partial charge in [0.15, 0.2) is 0 Å². The van der Waals surface area contributed by atoms with E-state index in [4.69, 9.17) is 0 Å². The van der Waals surface area contributed by atoms with Crippen molar-refractivity contribution in [1.29, 1.82) is 0 Å². The second-order valence-electron chi connectivity index (χ2n) is 4.83. The Labute approximate surface area is 91.8 Å². The van der Waals surface area contributed by atoms with Crippen molar-refractivity contribution >= 4 is 5.78 Å². The van der Waals surface area contributed by atoms with E-state index in [1.54, 1.807) is 26.8 Å². The van der Waals surface area contributed by atoms with Gasteiger partial charge in [-0.1, -0.05) is 19.9 Å². The summed E-state index contributed by atoms with van der Waals surface area (Å²) < 4.78 is 0. The Morgan fingerprint density at radius 2 is 1.93 bits per heavy atom. The van der Waals surface area contributed by atoms with Crippen LogP contribution >= 0.6 is 0 Å². The van der Waals surface area contributed by atoms with Gasteiger partial charge in [0.25, 0.3) is 0 Å². The summed E-state index contributed by atoms with van der Waals surface area (Å²) >= 11 is 0. The highest BCUT2D eigenvalue weighted by Gasteiger charge is 2.28. The maximum Gasteiger partial charge on any atom is 0.141 e. The monoisotopic (exact) mass is 214 g/mol. The summed E-state index contributed by atoms with van der Waals surface area (Å²) in [6, 6.07) is 0. The molecule has 0 aliphatic rings. The molecule has 0 amide bonds. The van der Waals surface area contributed by atoms with Gasteiger partial charge in [-0.2, -0.15) is 0 Å². The van der Waals surface area contributed by atoms with Crippen LogP contribution in [-0.2, 0) is 4.79 Å². The fraction of sp³-hybridized carbons (Fsp3) is 0.750. The predicted molar refractivity (Wildman–Crippen MR) is 60.5 cm³/mol. The molecule has 0 aromatic heterocycles. The van der Waals surface area contributed by atoms with Gasteiger partial charge >= 0.3 is 0 Å². The van der Waals surface area contributed by atoms with Gasteiger partial charge in [0.2, 0.25) is 0 Å². The van der Waals surface area contributed by atoms with Crippen molar-refractivity contribution in [2.75, 3.05) is 0 Å². The van der Waals surface area contributed by atoms with Crippen LogP contribution in [0.5, 0.6) is 0 Å². The molecule has 3 heteroatoms. The van der Waals surface area contributed by atoms with E-state index < -0.39 is 17.6 Å². The number of aliphatic hydroxyl groups is 2. The lowest BCUT2D eigenvalue weighted by atomic mass is 9.86. The van der Waals surface area contributed by atoms with Crippen molar-refractivity contribution in [3.05, 3.63) is 12.7 Å².